The van der Waals surface area contributed by atoms with Crippen LogP contribution in [0.15, 0.2) is 48.5 Å². The van der Waals surface area contributed by atoms with E-state index in [2.05, 4.69) is 0 Å². The lowest BCUT2D eigenvalue weighted by Crippen LogP contribution is -2.23. The number of carbonyl (C=O) groups excluding carboxylic acids is 1. The quantitative estimate of drug-likeness (QED) is 0.736. The molecule has 0 aliphatic rings. The summed E-state index contributed by atoms with van der Waals surface area (Å²) in [6.07, 6.45) is 1.71. The maximum Gasteiger partial charge on any atom is 0.306 e. The van der Waals surface area contributed by atoms with Crippen LogP contribution in [-0.4, -0.2) is 22.6 Å². The summed E-state index contributed by atoms with van der Waals surface area (Å²) in [6, 6.07) is 16.1. The van der Waals surface area contributed by atoms with Gasteiger partial charge in [-0.25, -0.2) is 0 Å². The first-order valence-electron chi connectivity index (χ1n) is 8.85. The molecule has 0 unspecified atom stereocenters. The minimum Gasteiger partial charge on any atom is -0.481 e. The van der Waals surface area contributed by atoms with Crippen LogP contribution in [0.5, 0.6) is 0 Å². The van der Waals surface area contributed by atoms with E-state index < -0.39 is 11.6 Å². The van der Waals surface area contributed by atoms with E-state index in [9.17, 15) is 9.59 Å². The molecule has 0 saturated carbocycles. The molecule has 0 heterocycles. The van der Waals surface area contributed by atoms with Gasteiger partial charge in [-0.05, 0) is 55.9 Å². The highest BCUT2D eigenvalue weighted by molar-refractivity contribution is 5.70. The molecule has 0 spiro atoms. The second-order valence-corrected chi connectivity index (χ2v) is 7.37. The van der Waals surface area contributed by atoms with Crippen LogP contribution >= 0.6 is 0 Å². The smallest absolute Gasteiger partial charge is 0.306 e. The van der Waals surface area contributed by atoms with Gasteiger partial charge in [0.25, 0.3) is 0 Å². The molecular weight excluding hydrogens is 328 g/mol. The van der Waals surface area contributed by atoms with Crippen molar-refractivity contribution < 1.29 is 19.4 Å². The molecule has 0 radical (unpaired) electrons. The number of carbonyl (C=O) groups is 2. The summed E-state index contributed by atoms with van der Waals surface area (Å²) >= 11 is 0. The predicted molar refractivity (Wildman–Crippen MR) is 102 cm³/mol. The number of benzene rings is 2. The van der Waals surface area contributed by atoms with Crippen LogP contribution in [-0.2, 0) is 27.2 Å². The Balaban J connectivity index is 1.92. The average molecular weight is 354 g/mol. The van der Waals surface area contributed by atoms with E-state index >= 15 is 0 Å². The van der Waals surface area contributed by atoms with Crippen molar-refractivity contribution in [1.82, 2.24) is 0 Å². The SMILES string of the molecule is CC(C)(C)OC(=O)CCc1ccc(-c2ccc(CCC(=O)O)cc2)cc1. The first-order chi connectivity index (χ1) is 12.2. The average Bonchev–Trinajstić information content (AvgIpc) is 2.58. The summed E-state index contributed by atoms with van der Waals surface area (Å²) in [7, 11) is 0. The summed E-state index contributed by atoms with van der Waals surface area (Å²) in [4.78, 5) is 22.4. The van der Waals surface area contributed by atoms with Gasteiger partial charge < -0.3 is 9.84 Å². The Hall–Kier alpha value is -2.62. The van der Waals surface area contributed by atoms with Crippen LogP contribution in [0.4, 0.5) is 0 Å². The zero-order valence-corrected chi connectivity index (χ0v) is 15.6. The third kappa shape index (κ3) is 6.71. The van der Waals surface area contributed by atoms with E-state index in [4.69, 9.17) is 9.84 Å². The highest BCUT2D eigenvalue weighted by Crippen LogP contribution is 2.21. The Morgan fingerprint density at radius 3 is 1.62 bits per heavy atom. The molecule has 0 aromatic heterocycles. The number of carboxylic acid groups (broad SMARTS) is 1. The number of ether oxygens (including phenoxy) is 1. The largest absolute Gasteiger partial charge is 0.481 e. The molecule has 4 nitrogen and oxygen atoms in total. The lowest BCUT2D eigenvalue weighted by atomic mass is 10.00. The van der Waals surface area contributed by atoms with Crippen molar-refractivity contribution in [3.05, 3.63) is 59.7 Å². The van der Waals surface area contributed by atoms with Crippen LogP contribution in [0.3, 0.4) is 0 Å². The molecule has 4 heteroatoms. The molecule has 138 valence electrons. The van der Waals surface area contributed by atoms with Gasteiger partial charge in [0.15, 0.2) is 0 Å². The Morgan fingerprint density at radius 1 is 0.808 bits per heavy atom. The maximum atomic E-state index is 11.8. The number of esters is 1. The summed E-state index contributed by atoms with van der Waals surface area (Å²) in [6.45, 7) is 5.60. The molecule has 0 aliphatic carbocycles. The van der Waals surface area contributed by atoms with Crippen molar-refractivity contribution in [3.8, 4) is 11.1 Å². The molecule has 0 bridgehead atoms. The Kier molecular flexibility index (Phi) is 6.56. The highest BCUT2D eigenvalue weighted by atomic mass is 16.6. The van der Waals surface area contributed by atoms with Crippen LogP contribution in [0, 0.1) is 0 Å². The molecular formula is C22H26O4. The van der Waals surface area contributed by atoms with Crippen LogP contribution < -0.4 is 0 Å². The fraction of sp³-hybridized carbons (Fsp3) is 0.364. The van der Waals surface area contributed by atoms with Gasteiger partial charge in [-0.1, -0.05) is 48.5 Å². The van der Waals surface area contributed by atoms with Gasteiger partial charge >= 0.3 is 11.9 Å². The molecule has 2 rings (SSSR count). The van der Waals surface area contributed by atoms with Gasteiger partial charge in [0, 0.05) is 12.8 Å². The molecule has 0 atom stereocenters. The maximum absolute atomic E-state index is 11.8. The van der Waals surface area contributed by atoms with Crippen molar-refractivity contribution in [3.63, 3.8) is 0 Å². The molecule has 2 aromatic carbocycles. The van der Waals surface area contributed by atoms with Gasteiger partial charge in [0.05, 0.1) is 0 Å². The Bertz CT molecular complexity index is 737. The van der Waals surface area contributed by atoms with Gasteiger partial charge in [-0.2, -0.15) is 0 Å². The van der Waals surface area contributed by atoms with Crippen molar-refractivity contribution in [1.29, 1.82) is 0 Å². The number of aliphatic carboxylic acids is 1. The molecule has 0 amide bonds. The molecule has 26 heavy (non-hydrogen) atoms. The van der Waals surface area contributed by atoms with E-state index in [0.717, 1.165) is 22.3 Å². The first-order valence-corrected chi connectivity index (χ1v) is 8.85. The predicted octanol–water partition coefficient (Wildman–Crippen LogP) is 4.65. The number of hydrogen-bond acceptors (Lipinski definition) is 3. The minimum absolute atomic E-state index is 0.145. The van der Waals surface area contributed by atoms with Crippen LogP contribution in [0.1, 0.15) is 44.7 Å². The minimum atomic E-state index is -0.781. The lowest BCUT2D eigenvalue weighted by Gasteiger charge is -2.19. The topological polar surface area (TPSA) is 63.6 Å². The van der Waals surface area contributed by atoms with Gasteiger partial charge in [0.1, 0.15) is 5.60 Å². The molecule has 0 fully saturated rings. The van der Waals surface area contributed by atoms with Crippen LogP contribution in [0.2, 0.25) is 0 Å². The third-order valence-electron chi connectivity index (χ3n) is 3.91. The van der Waals surface area contributed by atoms with Crippen molar-refractivity contribution >= 4 is 11.9 Å². The third-order valence-corrected chi connectivity index (χ3v) is 3.91. The monoisotopic (exact) mass is 354 g/mol. The van der Waals surface area contributed by atoms with E-state index in [1.807, 2.05) is 69.3 Å². The molecule has 0 aliphatic heterocycles. The molecule has 1 N–H and O–H groups in total. The highest BCUT2D eigenvalue weighted by Gasteiger charge is 2.15. The van der Waals surface area contributed by atoms with Gasteiger partial charge in [-0.15, -0.1) is 0 Å². The first kappa shape index (κ1) is 19.7. The number of aryl methyl sites for hydroxylation is 2. The van der Waals surface area contributed by atoms with E-state index in [1.54, 1.807) is 0 Å². The van der Waals surface area contributed by atoms with Gasteiger partial charge in [-0.3, -0.25) is 9.59 Å². The zero-order valence-electron chi connectivity index (χ0n) is 15.6. The van der Waals surface area contributed by atoms with Crippen molar-refractivity contribution in [2.75, 3.05) is 0 Å². The fourth-order valence-corrected chi connectivity index (χ4v) is 2.62. The molecule has 2 aromatic rings. The van der Waals surface area contributed by atoms with Crippen LogP contribution in [0.25, 0.3) is 11.1 Å². The number of hydrogen-bond donors (Lipinski definition) is 1. The molecule has 0 saturated heterocycles. The summed E-state index contributed by atoms with van der Waals surface area (Å²) in [5.41, 5.74) is 3.85. The number of carboxylic acids is 1. The summed E-state index contributed by atoms with van der Waals surface area (Å²) < 4.78 is 5.32. The van der Waals surface area contributed by atoms with E-state index in [1.165, 1.54) is 0 Å². The Morgan fingerprint density at radius 2 is 1.23 bits per heavy atom. The standard InChI is InChI=1S/C22H26O4/c1-22(2,3)26-21(25)15-9-17-6-12-19(13-7-17)18-10-4-16(5-11-18)8-14-20(23)24/h4-7,10-13H,8-9,14-15H2,1-3H3,(H,23,24). The van der Waals surface area contributed by atoms with Crippen molar-refractivity contribution in [2.24, 2.45) is 0 Å². The van der Waals surface area contributed by atoms with E-state index in [-0.39, 0.29) is 12.4 Å². The fourth-order valence-electron chi connectivity index (χ4n) is 2.62. The number of rotatable bonds is 7. The van der Waals surface area contributed by atoms with E-state index in [0.29, 0.717) is 19.3 Å². The normalized spacial score (nSPS) is 11.2. The lowest BCUT2D eigenvalue weighted by molar-refractivity contribution is -0.154. The summed E-state index contributed by atoms with van der Waals surface area (Å²) in [5.74, 6) is -0.963. The van der Waals surface area contributed by atoms with Crippen molar-refractivity contribution in [2.45, 2.75) is 52.1 Å². The Labute approximate surface area is 154 Å². The summed E-state index contributed by atoms with van der Waals surface area (Å²) in [5, 5.41) is 8.74. The zero-order chi connectivity index (χ0) is 19.2. The second-order valence-electron chi connectivity index (χ2n) is 7.37. The second kappa shape index (κ2) is 8.65. The van der Waals surface area contributed by atoms with Gasteiger partial charge in [0.2, 0.25) is 0 Å².